The van der Waals surface area contributed by atoms with E-state index in [2.05, 4.69) is 10.6 Å². The fraction of sp³-hybridized carbons (Fsp3) is 0.300. The van der Waals surface area contributed by atoms with Gasteiger partial charge in [-0.1, -0.05) is 0 Å². The Kier molecular flexibility index (Phi) is 6.61. The third kappa shape index (κ3) is 5.20. The Morgan fingerprint density at radius 1 is 1.21 bits per heavy atom. The van der Waals surface area contributed by atoms with Gasteiger partial charge in [0.2, 0.25) is 0 Å². The number of nitrogens with one attached hydrogen (secondary N) is 2. The van der Waals surface area contributed by atoms with Crippen molar-refractivity contribution in [3.8, 4) is 5.75 Å². The highest BCUT2D eigenvalue weighted by atomic mass is 32.1. The lowest BCUT2D eigenvalue weighted by Crippen LogP contribution is -2.34. The number of anilines is 2. The smallest absolute Gasteiger partial charge is 0.293 e. The van der Waals surface area contributed by atoms with Crippen LogP contribution < -0.4 is 20.3 Å². The van der Waals surface area contributed by atoms with E-state index in [4.69, 9.17) is 17.0 Å². The third-order valence-corrected chi connectivity index (χ3v) is 4.74. The molecule has 0 spiro atoms. The highest BCUT2D eigenvalue weighted by Crippen LogP contribution is 2.31. The number of carbonyl (C=O) groups excluding carboxylic acids is 1. The molecule has 0 aromatic heterocycles. The van der Waals surface area contributed by atoms with Gasteiger partial charge in [-0.2, -0.15) is 0 Å². The lowest BCUT2D eigenvalue weighted by atomic mass is 10.1. The Bertz CT molecular complexity index is 911. The number of nitro benzene ring substituents is 1. The van der Waals surface area contributed by atoms with Gasteiger partial charge in [0.05, 0.1) is 11.5 Å². The molecule has 1 amide bonds. The molecule has 0 atom stereocenters. The van der Waals surface area contributed by atoms with Crippen LogP contribution in [0.2, 0.25) is 0 Å². The number of rotatable bonds is 6. The van der Waals surface area contributed by atoms with Crippen LogP contribution in [0.5, 0.6) is 5.75 Å². The highest BCUT2D eigenvalue weighted by molar-refractivity contribution is 7.80. The Labute approximate surface area is 174 Å². The largest absolute Gasteiger partial charge is 0.494 e. The summed E-state index contributed by atoms with van der Waals surface area (Å²) < 4.78 is 5.38. The number of hydrogen-bond donors (Lipinski definition) is 2. The van der Waals surface area contributed by atoms with Crippen LogP contribution in [-0.2, 0) is 0 Å². The Balaban J connectivity index is 1.67. The molecule has 1 aliphatic rings. The van der Waals surface area contributed by atoms with E-state index in [0.717, 1.165) is 31.7 Å². The average molecular weight is 414 g/mol. The summed E-state index contributed by atoms with van der Waals surface area (Å²) in [4.78, 5) is 25.5. The number of ether oxygens (including phenoxy) is 1. The molecule has 0 radical (unpaired) electrons. The molecule has 0 unspecified atom stereocenters. The van der Waals surface area contributed by atoms with E-state index >= 15 is 0 Å². The number of amides is 1. The molecule has 2 aromatic rings. The van der Waals surface area contributed by atoms with Crippen molar-refractivity contribution in [2.75, 3.05) is 29.9 Å². The van der Waals surface area contributed by atoms with E-state index in [-0.39, 0.29) is 16.4 Å². The number of hydrogen-bond acceptors (Lipinski definition) is 6. The van der Waals surface area contributed by atoms with Gasteiger partial charge in [0.15, 0.2) is 5.11 Å². The van der Waals surface area contributed by atoms with E-state index < -0.39 is 10.8 Å². The van der Waals surface area contributed by atoms with Crippen molar-refractivity contribution >= 4 is 40.3 Å². The molecule has 2 aromatic carbocycles. The summed E-state index contributed by atoms with van der Waals surface area (Å²) in [5.74, 6) is 0.225. The first kappa shape index (κ1) is 20.5. The molecule has 0 aliphatic carbocycles. The third-order valence-electron chi connectivity index (χ3n) is 4.53. The van der Waals surface area contributed by atoms with E-state index in [9.17, 15) is 14.9 Å². The maximum Gasteiger partial charge on any atom is 0.293 e. The molecule has 3 rings (SSSR count). The van der Waals surface area contributed by atoms with Crippen molar-refractivity contribution in [2.45, 2.75) is 19.8 Å². The molecule has 8 nitrogen and oxygen atoms in total. The fourth-order valence-corrected chi connectivity index (χ4v) is 3.39. The number of nitro groups is 1. The average Bonchev–Trinajstić information content (AvgIpc) is 3.23. The minimum absolute atomic E-state index is 0.0788. The zero-order valence-corrected chi connectivity index (χ0v) is 16.8. The van der Waals surface area contributed by atoms with E-state index in [1.807, 2.05) is 11.8 Å². The summed E-state index contributed by atoms with van der Waals surface area (Å²) in [6, 6.07) is 11.6. The van der Waals surface area contributed by atoms with Gasteiger partial charge in [0.25, 0.3) is 11.6 Å². The standard InChI is InChI=1S/C20H22N4O4S/c1-2-28-16-8-6-15(7-9-16)21-20(29)22-19(25)14-5-10-17(18(13-14)24(26)27)23-11-3-4-12-23/h5-10,13H,2-4,11-12H2,1H3,(H2,21,22,25,29). The summed E-state index contributed by atoms with van der Waals surface area (Å²) in [6.45, 7) is 4.04. The molecule has 9 heteroatoms. The van der Waals surface area contributed by atoms with E-state index in [0.29, 0.717) is 18.0 Å². The van der Waals surface area contributed by atoms with Gasteiger partial charge in [0.1, 0.15) is 11.4 Å². The summed E-state index contributed by atoms with van der Waals surface area (Å²) >= 11 is 5.18. The fourth-order valence-electron chi connectivity index (χ4n) is 3.18. The topological polar surface area (TPSA) is 96.7 Å². The van der Waals surface area contributed by atoms with Crippen LogP contribution in [-0.4, -0.2) is 35.6 Å². The molecule has 1 heterocycles. The van der Waals surface area contributed by atoms with Gasteiger partial charge in [-0.05, 0) is 68.4 Å². The van der Waals surface area contributed by atoms with Crippen LogP contribution >= 0.6 is 12.2 Å². The number of benzene rings is 2. The van der Waals surface area contributed by atoms with Gasteiger partial charge < -0.3 is 15.0 Å². The van der Waals surface area contributed by atoms with Crippen LogP contribution in [0.25, 0.3) is 0 Å². The maximum atomic E-state index is 12.5. The molecule has 29 heavy (non-hydrogen) atoms. The quantitative estimate of drug-likeness (QED) is 0.422. The zero-order valence-electron chi connectivity index (χ0n) is 16.0. The minimum atomic E-state index is -0.510. The Hall–Kier alpha value is -3.20. The van der Waals surface area contributed by atoms with Crippen LogP contribution in [0.4, 0.5) is 17.1 Å². The minimum Gasteiger partial charge on any atom is -0.494 e. The van der Waals surface area contributed by atoms with Gasteiger partial charge in [-0.25, -0.2) is 0 Å². The van der Waals surface area contributed by atoms with Crippen LogP contribution in [0.15, 0.2) is 42.5 Å². The molecule has 0 bridgehead atoms. The van der Waals surface area contributed by atoms with Crippen LogP contribution in [0.3, 0.4) is 0 Å². The van der Waals surface area contributed by atoms with Crippen molar-refractivity contribution in [2.24, 2.45) is 0 Å². The lowest BCUT2D eigenvalue weighted by Gasteiger charge is -2.18. The second-order valence-electron chi connectivity index (χ2n) is 6.52. The first-order chi connectivity index (χ1) is 14.0. The van der Waals surface area contributed by atoms with E-state index in [1.165, 1.54) is 6.07 Å². The molecule has 152 valence electrons. The Morgan fingerprint density at radius 3 is 2.52 bits per heavy atom. The number of carbonyl (C=O) groups is 1. The second-order valence-corrected chi connectivity index (χ2v) is 6.93. The number of nitrogens with zero attached hydrogens (tertiary/aromatic N) is 2. The second kappa shape index (κ2) is 9.33. The van der Waals surface area contributed by atoms with Crippen molar-refractivity contribution in [3.05, 3.63) is 58.1 Å². The molecular weight excluding hydrogens is 392 g/mol. The van der Waals surface area contributed by atoms with E-state index in [1.54, 1.807) is 36.4 Å². The van der Waals surface area contributed by atoms with Crippen molar-refractivity contribution in [1.29, 1.82) is 0 Å². The van der Waals surface area contributed by atoms with Gasteiger partial charge in [-0.3, -0.25) is 20.2 Å². The summed E-state index contributed by atoms with van der Waals surface area (Å²) in [7, 11) is 0. The monoisotopic (exact) mass is 414 g/mol. The maximum absolute atomic E-state index is 12.5. The zero-order chi connectivity index (χ0) is 20.8. The molecule has 1 fully saturated rings. The SMILES string of the molecule is CCOc1ccc(NC(=S)NC(=O)c2ccc(N3CCCC3)c([N+](=O)[O-])c2)cc1. The first-order valence-electron chi connectivity index (χ1n) is 9.36. The van der Waals surface area contributed by atoms with Crippen molar-refractivity contribution in [1.82, 2.24) is 5.32 Å². The highest BCUT2D eigenvalue weighted by Gasteiger charge is 2.24. The summed E-state index contributed by atoms with van der Waals surface area (Å²) in [5.41, 5.74) is 1.33. The van der Waals surface area contributed by atoms with Gasteiger partial charge in [0, 0.05) is 30.4 Å². The lowest BCUT2D eigenvalue weighted by molar-refractivity contribution is -0.384. The normalized spacial score (nSPS) is 13.1. The molecular formula is C20H22N4O4S. The van der Waals surface area contributed by atoms with Crippen LogP contribution in [0.1, 0.15) is 30.1 Å². The van der Waals surface area contributed by atoms with Crippen molar-refractivity contribution < 1.29 is 14.5 Å². The molecule has 1 aliphatic heterocycles. The Morgan fingerprint density at radius 2 is 1.90 bits per heavy atom. The molecule has 0 saturated carbocycles. The van der Waals surface area contributed by atoms with Gasteiger partial charge >= 0.3 is 0 Å². The van der Waals surface area contributed by atoms with Gasteiger partial charge in [-0.15, -0.1) is 0 Å². The first-order valence-corrected chi connectivity index (χ1v) is 9.77. The van der Waals surface area contributed by atoms with Crippen molar-refractivity contribution in [3.63, 3.8) is 0 Å². The predicted octanol–water partition coefficient (Wildman–Crippen LogP) is 3.72. The van der Waals surface area contributed by atoms with Crippen LogP contribution in [0, 0.1) is 10.1 Å². The molecule has 1 saturated heterocycles. The summed E-state index contributed by atoms with van der Waals surface area (Å²) in [5, 5.41) is 17.1. The molecule has 2 N–H and O–H groups in total. The number of thiocarbonyl (C=S) groups is 1. The predicted molar refractivity (Wildman–Crippen MR) is 116 cm³/mol. The summed E-state index contributed by atoms with van der Waals surface area (Å²) in [6.07, 6.45) is 2.01.